The van der Waals surface area contributed by atoms with Gasteiger partial charge in [0, 0.05) is 16.6 Å². The minimum absolute atomic E-state index is 0.0367. The van der Waals surface area contributed by atoms with Gasteiger partial charge in [-0.15, -0.1) is 0 Å². The first-order valence-electron chi connectivity index (χ1n) is 5.97. The van der Waals surface area contributed by atoms with Gasteiger partial charge in [-0.05, 0) is 11.6 Å². The van der Waals surface area contributed by atoms with Crippen molar-refractivity contribution in [3.05, 3.63) is 70.2 Å². The molecule has 0 saturated carbocycles. The predicted octanol–water partition coefficient (Wildman–Crippen LogP) is 4.33. The molecule has 19 heavy (non-hydrogen) atoms. The fraction of sp³-hybridized carbons (Fsp3) is 0.200. The Morgan fingerprint density at radius 2 is 1.58 bits per heavy atom. The summed E-state index contributed by atoms with van der Waals surface area (Å²) in [5.74, 6) is -2.86. The molecule has 1 nitrogen and oxygen atoms in total. The molecule has 0 aliphatic carbocycles. The molecule has 2 rings (SSSR count). The Labute approximate surface area is 119 Å². The average molecular weight is 326 g/mol. The molecule has 2 aromatic carbocycles. The van der Waals surface area contributed by atoms with Gasteiger partial charge in [-0.2, -0.15) is 8.78 Å². The first kappa shape index (κ1) is 14.2. The van der Waals surface area contributed by atoms with E-state index < -0.39 is 5.92 Å². The number of hydrogen-bond donors (Lipinski definition) is 1. The summed E-state index contributed by atoms with van der Waals surface area (Å²) in [6, 6.07) is 15.4. The molecule has 0 saturated heterocycles. The number of rotatable bonds is 5. The van der Waals surface area contributed by atoms with Gasteiger partial charge in [0.25, 0.3) is 5.92 Å². The molecule has 0 aromatic heterocycles. The lowest BCUT2D eigenvalue weighted by atomic mass is 10.1. The summed E-state index contributed by atoms with van der Waals surface area (Å²) in [6.45, 7) is 0.0300. The maximum Gasteiger partial charge on any atom is 0.285 e. The van der Waals surface area contributed by atoms with Crippen molar-refractivity contribution >= 4 is 15.9 Å². The van der Waals surface area contributed by atoms with E-state index >= 15 is 0 Å². The van der Waals surface area contributed by atoms with Crippen LogP contribution in [0.15, 0.2) is 59.1 Å². The molecule has 1 N–H and O–H groups in total. The smallest absolute Gasteiger partial charge is 0.285 e. The van der Waals surface area contributed by atoms with Gasteiger partial charge in [-0.3, -0.25) is 0 Å². The van der Waals surface area contributed by atoms with Gasteiger partial charge in [0.2, 0.25) is 0 Å². The van der Waals surface area contributed by atoms with E-state index in [0.717, 1.165) is 10.0 Å². The quantitative estimate of drug-likeness (QED) is 0.862. The topological polar surface area (TPSA) is 12.0 Å². The Morgan fingerprint density at radius 1 is 0.947 bits per heavy atom. The van der Waals surface area contributed by atoms with Crippen LogP contribution in [-0.2, 0) is 12.5 Å². The molecule has 0 aliphatic rings. The van der Waals surface area contributed by atoms with Crippen LogP contribution in [0.2, 0.25) is 0 Å². The molecule has 2 aromatic rings. The molecule has 100 valence electrons. The molecule has 0 fully saturated rings. The van der Waals surface area contributed by atoms with Gasteiger partial charge in [0.15, 0.2) is 0 Å². The van der Waals surface area contributed by atoms with E-state index in [-0.39, 0.29) is 12.1 Å². The van der Waals surface area contributed by atoms with Crippen molar-refractivity contribution < 1.29 is 8.78 Å². The second kappa shape index (κ2) is 6.26. The molecule has 0 amide bonds. The maximum atomic E-state index is 13.9. The predicted molar refractivity (Wildman–Crippen MR) is 76.2 cm³/mol. The monoisotopic (exact) mass is 325 g/mol. The minimum atomic E-state index is -2.86. The SMILES string of the molecule is FC(F)(CNCc1ccccc1Br)c1ccccc1. The van der Waals surface area contributed by atoms with E-state index in [9.17, 15) is 8.78 Å². The van der Waals surface area contributed by atoms with Gasteiger partial charge in [0.05, 0.1) is 6.54 Å². The fourth-order valence-electron chi connectivity index (χ4n) is 1.78. The number of alkyl halides is 2. The van der Waals surface area contributed by atoms with Crippen LogP contribution in [0.25, 0.3) is 0 Å². The zero-order chi connectivity index (χ0) is 13.7. The van der Waals surface area contributed by atoms with Crippen LogP contribution in [0.4, 0.5) is 8.78 Å². The molecule has 0 unspecified atom stereocenters. The van der Waals surface area contributed by atoms with Crippen molar-refractivity contribution in [2.75, 3.05) is 6.54 Å². The first-order valence-corrected chi connectivity index (χ1v) is 6.76. The Morgan fingerprint density at radius 3 is 2.26 bits per heavy atom. The second-order valence-electron chi connectivity index (χ2n) is 4.27. The molecule has 4 heteroatoms. The van der Waals surface area contributed by atoms with Gasteiger partial charge >= 0.3 is 0 Å². The highest BCUT2D eigenvalue weighted by atomic mass is 79.9. The van der Waals surface area contributed by atoms with Crippen LogP contribution in [0.5, 0.6) is 0 Å². The van der Waals surface area contributed by atoms with Gasteiger partial charge in [0.1, 0.15) is 0 Å². The van der Waals surface area contributed by atoms with Crippen LogP contribution >= 0.6 is 15.9 Å². The Hall–Kier alpha value is -1.26. The summed E-state index contributed by atoms with van der Waals surface area (Å²) in [6.07, 6.45) is 0. The molecule has 0 radical (unpaired) electrons. The Balaban J connectivity index is 1.94. The zero-order valence-electron chi connectivity index (χ0n) is 10.2. The summed E-state index contributed by atoms with van der Waals surface area (Å²) >= 11 is 3.39. The highest BCUT2D eigenvalue weighted by Crippen LogP contribution is 2.26. The molecular formula is C15H14BrF2N. The Kier molecular flexibility index (Phi) is 4.66. The van der Waals surface area contributed by atoms with E-state index in [2.05, 4.69) is 21.2 Å². The van der Waals surface area contributed by atoms with Crippen molar-refractivity contribution in [2.24, 2.45) is 0 Å². The largest absolute Gasteiger partial charge is 0.307 e. The van der Waals surface area contributed by atoms with E-state index in [1.807, 2.05) is 24.3 Å². The standard InChI is InChI=1S/C15H14BrF2N/c16-14-9-5-4-6-12(14)10-19-11-15(17,18)13-7-2-1-3-8-13/h1-9,19H,10-11H2. The normalized spacial score (nSPS) is 11.5. The summed E-state index contributed by atoms with van der Waals surface area (Å²) in [5.41, 5.74) is 1.00. The van der Waals surface area contributed by atoms with E-state index in [1.165, 1.54) is 12.1 Å². The number of halogens is 3. The van der Waals surface area contributed by atoms with Crippen LogP contribution in [0.3, 0.4) is 0 Å². The summed E-state index contributed by atoms with van der Waals surface area (Å²) in [5, 5.41) is 2.80. The lowest BCUT2D eigenvalue weighted by Crippen LogP contribution is -2.30. The van der Waals surface area contributed by atoms with Crippen LogP contribution in [0.1, 0.15) is 11.1 Å². The third-order valence-electron chi connectivity index (χ3n) is 2.82. The van der Waals surface area contributed by atoms with Gasteiger partial charge < -0.3 is 5.32 Å². The zero-order valence-corrected chi connectivity index (χ0v) is 11.8. The van der Waals surface area contributed by atoms with Gasteiger partial charge in [-0.1, -0.05) is 64.5 Å². The highest BCUT2D eigenvalue weighted by molar-refractivity contribution is 9.10. The lowest BCUT2D eigenvalue weighted by molar-refractivity contribution is -0.00344. The van der Waals surface area contributed by atoms with Crippen LogP contribution < -0.4 is 5.32 Å². The average Bonchev–Trinajstić information content (AvgIpc) is 2.42. The lowest BCUT2D eigenvalue weighted by Gasteiger charge is -2.17. The van der Waals surface area contributed by atoms with Crippen molar-refractivity contribution in [2.45, 2.75) is 12.5 Å². The maximum absolute atomic E-state index is 13.9. The van der Waals surface area contributed by atoms with Crippen LogP contribution in [0, 0.1) is 0 Å². The molecule has 0 spiro atoms. The molecular weight excluding hydrogens is 312 g/mol. The first-order chi connectivity index (χ1) is 9.09. The van der Waals surface area contributed by atoms with Crippen molar-refractivity contribution in [1.82, 2.24) is 5.32 Å². The minimum Gasteiger partial charge on any atom is -0.307 e. The van der Waals surface area contributed by atoms with Crippen LogP contribution in [-0.4, -0.2) is 6.54 Å². The molecule has 0 aliphatic heterocycles. The van der Waals surface area contributed by atoms with Crippen molar-refractivity contribution in [1.29, 1.82) is 0 Å². The third kappa shape index (κ3) is 3.85. The number of benzene rings is 2. The number of hydrogen-bond acceptors (Lipinski definition) is 1. The Bertz CT molecular complexity index is 529. The fourth-order valence-corrected chi connectivity index (χ4v) is 2.20. The molecule has 0 atom stereocenters. The third-order valence-corrected chi connectivity index (χ3v) is 3.59. The molecule has 0 heterocycles. The van der Waals surface area contributed by atoms with Crippen molar-refractivity contribution in [3.8, 4) is 0 Å². The summed E-state index contributed by atoms with van der Waals surface area (Å²) < 4.78 is 28.7. The molecule has 0 bridgehead atoms. The van der Waals surface area contributed by atoms with E-state index in [1.54, 1.807) is 18.2 Å². The highest BCUT2D eigenvalue weighted by Gasteiger charge is 2.30. The summed E-state index contributed by atoms with van der Waals surface area (Å²) in [7, 11) is 0. The summed E-state index contributed by atoms with van der Waals surface area (Å²) in [4.78, 5) is 0. The number of nitrogens with one attached hydrogen (secondary N) is 1. The second-order valence-corrected chi connectivity index (χ2v) is 5.12. The van der Waals surface area contributed by atoms with E-state index in [0.29, 0.717) is 6.54 Å². The van der Waals surface area contributed by atoms with Crippen molar-refractivity contribution in [3.63, 3.8) is 0 Å². The van der Waals surface area contributed by atoms with Gasteiger partial charge in [-0.25, -0.2) is 0 Å². The van der Waals surface area contributed by atoms with E-state index in [4.69, 9.17) is 0 Å².